The number of H-pyrrole nitrogens is 2. The highest BCUT2D eigenvalue weighted by atomic mass is 16.5. The van der Waals surface area contributed by atoms with Crippen molar-refractivity contribution in [2.75, 3.05) is 14.2 Å². The molecule has 13 heteroatoms. The second kappa shape index (κ2) is 14.9. The lowest BCUT2D eigenvalue weighted by Gasteiger charge is -2.31. The van der Waals surface area contributed by atoms with Crippen molar-refractivity contribution < 1.29 is 28.7 Å². The van der Waals surface area contributed by atoms with Crippen LogP contribution in [0.3, 0.4) is 0 Å². The molecule has 13 nitrogen and oxygen atoms in total. The summed E-state index contributed by atoms with van der Waals surface area (Å²) in [5.41, 5.74) is 5.90. The van der Waals surface area contributed by atoms with Gasteiger partial charge in [-0.1, -0.05) is 76.2 Å². The summed E-state index contributed by atoms with van der Waals surface area (Å²) in [6, 6.07) is 16.0. The number of nitrogens with one attached hydrogen (secondary N) is 3. The van der Waals surface area contributed by atoms with E-state index in [-0.39, 0.29) is 60.2 Å². The molecular formula is C43H51N7O6. The van der Waals surface area contributed by atoms with E-state index in [2.05, 4.69) is 63.8 Å². The van der Waals surface area contributed by atoms with Crippen LogP contribution in [-0.2, 0) is 23.9 Å². The Kier molecular flexibility index (Phi) is 9.96. The smallest absolute Gasteiger partial charge is 0.407 e. The Morgan fingerprint density at radius 1 is 0.679 bits per heavy atom. The fourth-order valence-corrected chi connectivity index (χ4v) is 8.95. The average molecular weight is 762 g/mol. The van der Waals surface area contributed by atoms with Crippen LogP contribution in [0.5, 0.6) is 0 Å². The van der Waals surface area contributed by atoms with Gasteiger partial charge < -0.3 is 34.6 Å². The standard InChI is InChI=1S/C43H51N7O6/c1-22(2)30(19-37(51)55-5)41(52)49-33-15-28(33)17-35(49)39-44-20-31(46-39)26-11-7-24(8-12-26)25-9-13-27(14-10-25)32-21-45-40(47-32)36-18-29-16-34(29)50(36)42(53)38(23(3)4)48-43(54)56-6/h7-14,20-23,28-30,33-36,38H,15-19H2,1-6H3,(H,44,46)(H,45,47)(H,48,54)/t28-,29-,30+,33-,34-,35?,36?,38+/m1/s1. The van der Waals surface area contributed by atoms with E-state index in [1.807, 2.05) is 49.9 Å². The maximum atomic E-state index is 13.8. The van der Waals surface area contributed by atoms with E-state index < -0.39 is 18.1 Å². The van der Waals surface area contributed by atoms with E-state index >= 15 is 0 Å². The van der Waals surface area contributed by atoms with Crippen LogP contribution in [0.2, 0.25) is 0 Å². The van der Waals surface area contributed by atoms with Gasteiger partial charge in [0.1, 0.15) is 17.7 Å². The number of carbonyl (C=O) groups excluding carboxylic acids is 4. The molecule has 2 unspecified atom stereocenters. The summed E-state index contributed by atoms with van der Waals surface area (Å²) in [5, 5.41) is 2.74. The van der Waals surface area contributed by atoms with E-state index in [4.69, 9.17) is 19.4 Å². The first-order valence-corrected chi connectivity index (χ1v) is 19.8. The zero-order chi connectivity index (χ0) is 39.4. The van der Waals surface area contributed by atoms with Crippen LogP contribution in [0.25, 0.3) is 33.6 Å². The number of methoxy groups -OCH3 is 2. The summed E-state index contributed by atoms with van der Waals surface area (Å²) in [6.07, 6.45) is 6.83. The monoisotopic (exact) mass is 761 g/mol. The Balaban J connectivity index is 0.931. The number of rotatable bonds is 12. The van der Waals surface area contributed by atoms with E-state index in [0.717, 1.165) is 71.0 Å². The molecule has 0 radical (unpaired) electrons. The lowest BCUT2D eigenvalue weighted by Crippen LogP contribution is -2.52. The molecule has 294 valence electrons. The third-order valence-electron chi connectivity index (χ3n) is 12.4. The van der Waals surface area contributed by atoms with Gasteiger partial charge in [-0.25, -0.2) is 14.8 Å². The molecule has 2 saturated heterocycles. The van der Waals surface area contributed by atoms with Gasteiger partial charge in [0.15, 0.2) is 0 Å². The number of fused-ring (bicyclic) bond motifs is 2. The lowest BCUT2D eigenvalue weighted by atomic mass is 9.90. The average Bonchev–Trinajstić information content (AvgIpc) is 3.79. The molecule has 2 aliphatic heterocycles. The van der Waals surface area contributed by atoms with Gasteiger partial charge in [-0.3, -0.25) is 14.4 Å². The molecule has 2 aromatic carbocycles. The van der Waals surface area contributed by atoms with Gasteiger partial charge in [0, 0.05) is 12.1 Å². The predicted molar refractivity (Wildman–Crippen MR) is 208 cm³/mol. The summed E-state index contributed by atoms with van der Waals surface area (Å²) < 4.78 is 9.69. The highest BCUT2D eigenvalue weighted by molar-refractivity contribution is 5.87. The first kappa shape index (κ1) is 37.5. The Morgan fingerprint density at radius 2 is 1.14 bits per heavy atom. The number of benzene rings is 2. The maximum absolute atomic E-state index is 13.8. The molecule has 4 aromatic rings. The van der Waals surface area contributed by atoms with Crippen LogP contribution < -0.4 is 5.32 Å². The van der Waals surface area contributed by atoms with Crippen molar-refractivity contribution in [1.29, 1.82) is 0 Å². The molecule has 0 bridgehead atoms. The van der Waals surface area contributed by atoms with Crippen LogP contribution >= 0.6 is 0 Å². The van der Waals surface area contributed by atoms with Crippen LogP contribution in [-0.4, -0.2) is 86.0 Å². The number of esters is 1. The first-order chi connectivity index (χ1) is 26.9. The van der Waals surface area contributed by atoms with Crippen LogP contribution in [0.4, 0.5) is 4.79 Å². The Hall–Kier alpha value is -5.46. The van der Waals surface area contributed by atoms with Crippen LogP contribution in [0.15, 0.2) is 60.9 Å². The molecule has 3 amide bonds. The van der Waals surface area contributed by atoms with Gasteiger partial charge in [-0.15, -0.1) is 0 Å². The fourth-order valence-electron chi connectivity index (χ4n) is 8.95. The number of piperidine rings is 2. The molecule has 3 N–H and O–H groups in total. The van der Waals surface area contributed by atoms with Crippen molar-refractivity contribution in [3.8, 4) is 33.6 Å². The summed E-state index contributed by atoms with van der Waals surface area (Å²) in [5.74, 6) is 1.50. The van der Waals surface area contributed by atoms with Gasteiger partial charge in [0.25, 0.3) is 0 Å². The third kappa shape index (κ3) is 7.07. The summed E-state index contributed by atoms with van der Waals surface area (Å²) >= 11 is 0. The molecule has 8 atom stereocenters. The first-order valence-electron chi connectivity index (χ1n) is 19.8. The Bertz CT molecular complexity index is 1960. The van der Waals surface area contributed by atoms with E-state index in [9.17, 15) is 19.2 Å². The molecular weight excluding hydrogens is 711 g/mol. The minimum atomic E-state index is -0.674. The van der Waals surface area contributed by atoms with Crippen molar-refractivity contribution in [3.05, 3.63) is 72.6 Å². The Morgan fingerprint density at radius 3 is 1.57 bits per heavy atom. The van der Waals surface area contributed by atoms with E-state index in [1.54, 1.807) is 0 Å². The topological polar surface area (TPSA) is 163 Å². The zero-order valence-corrected chi connectivity index (χ0v) is 32.8. The van der Waals surface area contributed by atoms with Crippen molar-refractivity contribution in [3.63, 3.8) is 0 Å². The number of likely N-dealkylation sites (tertiary alicyclic amines) is 2. The number of alkyl carbamates (subject to hydrolysis) is 1. The number of hydrogen-bond acceptors (Lipinski definition) is 8. The highest BCUT2D eigenvalue weighted by Crippen LogP contribution is 2.55. The van der Waals surface area contributed by atoms with Gasteiger partial charge in [-0.05, 0) is 71.6 Å². The van der Waals surface area contributed by atoms with Gasteiger partial charge >= 0.3 is 12.1 Å². The lowest BCUT2D eigenvalue weighted by molar-refractivity contribution is -0.149. The number of aromatic nitrogens is 4. The quantitative estimate of drug-likeness (QED) is 0.135. The molecule has 8 rings (SSSR count). The summed E-state index contributed by atoms with van der Waals surface area (Å²) in [6.45, 7) is 7.80. The number of carbonyl (C=O) groups is 4. The van der Waals surface area contributed by atoms with E-state index in [0.29, 0.717) is 11.8 Å². The normalized spacial score (nSPS) is 24.4. The number of imidazole rings is 2. The summed E-state index contributed by atoms with van der Waals surface area (Å²) in [7, 11) is 2.66. The van der Waals surface area contributed by atoms with Crippen molar-refractivity contribution >= 4 is 23.9 Å². The largest absolute Gasteiger partial charge is 0.469 e. The molecule has 2 saturated carbocycles. The number of hydrogen-bond donors (Lipinski definition) is 3. The van der Waals surface area contributed by atoms with Gasteiger partial charge in [-0.2, -0.15) is 0 Å². The summed E-state index contributed by atoms with van der Waals surface area (Å²) in [4.78, 5) is 72.2. The molecule has 2 aliphatic carbocycles. The number of amides is 3. The van der Waals surface area contributed by atoms with Gasteiger partial charge in [0.05, 0.1) is 62.4 Å². The third-order valence-corrected chi connectivity index (χ3v) is 12.4. The molecule has 4 fully saturated rings. The molecule has 0 spiro atoms. The second-order valence-corrected chi connectivity index (χ2v) is 16.6. The Labute approximate surface area is 327 Å². The van der Waals surface area contributed by atoms with Gasteiger partial charge in [0.2, 0.25) is 11.8 Å². The van der Waals surface area contributed by atoms with Crippen LogP contribution in [0, 0.1) is 29.6 Å². The zero-order valence-electron chi connectivity index (χ0n) is 32.8. The fraction of sp³-hybridized carbons (Fsp3) is 0.488. The van der Waals surface area contributed by atoms with Crippen molar-refractivity contribution in [1.82, 2.24) is 35.1 Å². The number of aromatic amines is 2. The molecule has 4 heterocycles. The highest BCUT2D eigenvalue weighted by Gasteiger charge is 2.57. The minimum absolute atomic E-state index is 0.0107. The number of nitrogens with zero attached hydrogens (tertiary/aromatic N) is 4. The predicted octanol–water partition coefficient (Wildman–Crippen LogP) is 6.67. The molecule has 4 aliphatic rings. The van der Waals surface area contributed by atoms with Crippen molar-refractivity contribution in [2.24, 2.45) is 29.6 Å². The van der Waals surface area contributed by atoms with E-state index in [1.165, 1.54) is 14.2 Å². The van der Waals surface area contributed by atoms with Crippen molar-refractivity contribution in [2.45, 2.75) is 90.0 Å². The minimum Gasteiger partial charge on any atom is -0.469 e. The van der Waals surface area contributed by atoms with Crippen LogP contribution in [0.1, 0.15) is 83.5 Å². The second-order valence-electron chi connectivity index (χ2n) is 16.6. The SMILES string of the molecule is COC(=O)C[C@H](C(=O)N1C(c2ncc(-c3ccc(-c4ccc(-c5cnc(C6C[C@H]7C[C@H]7N6C(=O)[C@@H](NC(=O)OC)C(C)C)[nH]5)cc4)cc3)[nH]2)C[C@H]2C[C@H]21)C(C)C. The number of ether oxygens (including phenoxy) is 2. The molecule has 2 aromatic heterocycles. The molecule has 56 heavy (non-hydrogen) atoms. The maximum Gasteiger partial charge on any atom is 0.407 e.